The van der Waals surface area contributed by atoms with Gasteiger partial charge in [0.1, 0.15) is 16.9 Å². The van der Waals surface area contributed by atoms with E-state index in [-0.39, 0.29) is 11.5 Å². The third-order valence-corrected chi connectivity index (χ3v) is 3.81. The van der Waals surface area contributed by atoms with Crippen molar-refractivity contribution >= 4 is 22.9 Å². The van der Waals surface area contributed by atoms with Crippen molar-refractivity contribution in [3.8, 4) is 0 Å². The van der Waals surface area contributed by atoms with E-state index >= 15 is 0 Å². The average molecular weight is 251 g/mol. The number of rotatable bonds is 3. The maximum atomic E-state index is 6.13. The fourth-order valence-corrected chi connectivity index (χ4v) is 2.52. The van der Waals surface area contributed by atoms with E-state index in [0.29, 0.717) is 5.65 Å². The van der Waals surface area contributed by atoms with E-state index in [1.165, 1.54) is 6.33 Å². The third-order valence-electron chi connectivity index (χ3n) is 2.70. The lowest BCUT2D eigenvalue weighted by Gasteiger charge is -2.26. The lowest BCUT2D eigenvalue weighted by molar-refractivity contribution is 0.344. The molecule has 0 aliphatic rings. The van der Waals surface area contributed by atoms with Crippen molar-refractivity contribution in [2.45, 2.75) is 31.8 Å². The van der Waals surface area contributed by atoms with Gasteiger partial charge in [-0.2, -0.15) is 0 Å². The van der Waals surface area contributed by atoms with Crippen LogP contribution in [0.3, 0.4) is 0 Å². The molecular formula is C11H17N5S. The first-order chi connectivity index (χ1) is 7.98. The van der Waals surface area contributed by atoms with Crippen LogP contribution in [0, 0.1) is 5.41 Å². The summed E-state index contributed by atoms with van der Waals surface area (Å²) in [6.45, 7) is 6.43. The van der Waals surface area contributed by atoms with Crippen molar-refractivity contribution in [1.82, 2.24) is 19.9 Å². The van der Waals surface area contributed by atoms with Crippen LogP contribution >= 0.6 is 11.8 Å². The number of hydrogen-bond acceptors (Lipinski definition) is 5. The number of H-pyrrole nitrogens is 1. The average Bonchev–Trinajstić information content (AvgIpc) is 2.72. The first-order valence-corrected chi connectivity index (χ1v) is 6.49. The molecule has 0 saturated carbocycles. The Hall–Kier alpha value is -1.14. The molecule has 0 aliphatic carbocycles. The molecule has 0 spiro atoms. The van der Waals surface area contributed by atoms with E-state index in [1.54, 1.807) is 18.1 Å². The first-order valence-electron chi connectivity index (χ1n) is 5.51. The fraction of sp³-hybridized carbons (Fsp3) is 0.545. The Balaban J connectivity index is 2.12. The van der Waals surface area contributed by atoms with Gasteiger partial charge in [0.15, 0.2) is 5.65 Å². The van der Waals surface area contributed by atoms with Gasteiger partial charge in [-0.15, -0.1) is 11.8 Å². The summed E-state index contributed by atoms with van der Waals surface area (Å²) in [6, 6.07) is 0.125. The van der Waals surface area contributed by atoms with E-state index in [9.17, 15) is 0 Å². The summed E-state index contributed by atoms with van der Waals surface area (Å²) in [6.07, 6.45) is 3.17. The molecule has 2 aromatic heterocycles. The number of nitrogens with one attached hydrogen (secondary N) is 1. The van der Waals surface area contributed by atoms with E-state index in [0.717, 1.165) is 16.3 Å². The van der Waals surface area contributed by atoms with Crippen LogP contribution in [-0.4, -0.2) is 31.7 Å². The summed E-state index contributed by atoms with van der Waals surface area (Å²) in [7, 11) is 0. The predicted molar refractivity (Wildman–Crippen MR) is 69.8 cm³/mol. The molecule has 0 fully saturated rings. The highest BCUT2D eigenvalue weighted by Gasteiger charge is 2.21. The Morgan fingerprint density at radius 2 is 2.12 bits per heavy atom. The fourth-order valence-electron chi connectivity index (χ4n) is 1.27. The van der Waals surface area contributed by atoms with Gasteiger partial charge in [0.05, 0.1) is 6.33 Å². The number of aromatic amines is 1. The van der Waals surface area contributed by atoms with Crippen LogP contribution < -0.4 is 5.73 Å². The van der Waals surface area contributed by atoms with Crippen LogP contribution in [0.5, 0.6) is 0 Å². The molecule has 5 nitrogen and oxygen atoms in total. The second-order valence-electron chi connectivity index (χ2n) is 5.06. The molecule has 0 aromatic carbocycles. The molecule has 17 heavy (non-hydrogen) atoms. The van der Waals surface area contributed by atoms with Crippen LogP contribution in [-0.2, 0) is 0 Å². The van der Waals surface area contributed by atoms with E-state index in [2.05, 4.69) is 40.7 Å². The molecule has 3 N–H and O–H groups in total. The largest absolute Gasteiger partial charge is 0.341 e. The monoisotopic (exact) mass is 251 g/mol. The molecule has 0 radical (unpaired) electrons. The normalized spacial score (nSPS) is 14.1. The van der Waals surface area contributed by atoms with Crippen molar-refractivity contribution in [3.63, 3.8) is 0 Å². The zero-order valence-electron chi connectivity index (χ0n) is 10.3. The second kappa shape index (κ2) is 4.62. The van der Waals surface area contributed by atoms with Crippen LogP contribution in [0.1, 0.15) is 20.8 Å². The Morgan fingerprint density at radius 1 is 1.35 bits per heavy atom. The zero-order valence-corrected chi connectivity index (χ0v) is 11.1. The van der Waals surface area contributed by atoms with Crippen molar-refractivity contribution in [2.75, 3.05) is 5.75 Å². The van der Waals surface area contributed by atoms with Gasteiger partial charge in [-0.3, -0.25) is 0 Å². The summed E-state index contributed by atoms with van der Waals surface area (Å²) in [5.41, 5.74) is 7.82. The SMILES string of the molecule is CC(C)(C)C(N)CSc1ncnc2nc[nH]c12. The van der Waals surface area contributed by atoms with Crippen LogP contribution in [0.25, 0.3) is 11.2 Å². The van der Waals surface area contributed by atoms with Crippen LogP contribution in [0.15, 0.2) is 17.7 Å². The third kappa shape index (κ3) is 2.76. The van der Waals surface area contributed by atoms with Gasteiger partial charge in [-0.05, 0) is 5.41 Å². The number of thioether (sulfide) groups is 1. The van der Waals surface area contributed by atoms with Gasteiger partial charge < -0.3 is 10.7 Å². The van der Waals surface area contributed by atoms with Gasteiger partial charge in [0.2, 0.25) is 0 Å². The molecular weight excluding hydrogens is 234 g/mol. The summed E-state index contributed by atoms with van der Waals surface area (Å²) < 4.78 is 0. The number of imidazole rings is 1. The predicted octanol–water partition coefficient (Wildman–Crippen LogP) is 1.82. The highest BCUT2D eigenvalue weighted by molar-refractivity contribution is 7.99. The minimum Gasteiger partial charge on any atom is -0.341 e. The number of hydrogen-bond donors (Lipinski definition) is 2. The Kier molecular flexibility index (Phi) is 3.35. The molecule has 2 heterocycles. The standard InChI is InChI=1S/C11H17N5S/c1-11(2,3)7(12)4-17-10-8-9(14-5-13-8)15-6-16-10/h5-7H,4,12H2,1-3H3,(H,13,14,15,16). The maximum absolute atomic E-state index is 6.13. The van der Waals surface area contributed by atoms with Crippen molar-refractivity contribution in [2.24, 2.45) is 11.1 Å². The molecule has 0 amide bonds. The molecule has 2 rings (SSSR count). The first kappa shape index (κ1) is 12.3. The molecule has 0 bridgehead atoms. The lowest BCUT2D eigenvalue weighted by atomic mass is 9.89. The van der Waals surface area contributed by atoms with Crippen molar-refractivity contribution < 1.29 is 0 Å². The zero-order chi connectivity index (χ0) is 12.5. The number of fused-ring (bicyclic) bond motifs is 1. The minimum absolute atomic E-state index is 0.104. The van der Waals surface area contributed by atoms with Gasteiger partial charge in [0, 0.05) is 11.8 Å². The molecule has 92 valence electrons. The summed E-state index contributed by atoms with van der Waals surface area (Å²) >= 11 is 1.64. The molecule has 0 aliphatic heterocycles. The lowest BCUT2D eigenvalue weighted by Crippen LogP contribution is -2.37. The molecule has 6 heteroatoms. The van der Waals surface area contributed by atoms with E-state index < -0.39 is 0 Å². The van der Waals surface area contributed by atoms with Gasteiger partial charge in [-0.1, -0.05) is 20.8 Å². The Bertz CT molecular complexity index is 502. The van der Waals surface area contributed by atoms with Crippen LogP contribution in [0.2, 0.25) is 0 Å². The van der Waals surface area contributed by atoms with Gasteiger partial charge in [0.25, 0.3) is 0 Å². The number of nitrogens with zero attached hydrogens (tertiary/aromatic N) is 3. The van der Waals surface area contributed by atoms with Crippen molar-refractivity contribution in [3.05, 3.63) is 12.7 Å². The molecule has 0 saturated heterocycles. The minimum atomic E-state index is 0.104. The Morgan fingerprint density at radius 3 is 2.82 bits per heavy atom. The van der Waals surface area contributed by atoms with Gasteiger partial charge >= 0.3 is 0 Å². The van der Waals surface area contributed by atoms with Crippen LogP contribution in [0.4, 0.5) is 0 Å². The maximum Gasteiger partial charge on any atom is 0.181 e. The Labute approximate surface area is 105 Å². The summed E-state index contributed by atoms with van der Waals surface area (Å²) in [5.74, 6) is 0.828. The smallest absolute Gasteiger partial charge is 0.181 e. The quantitative estimate of drug-likeness (QED) is 0.642. The summed E-state index contributed by atoms with van der Waals surface area (Å²) in [5, 5.41) is 0.909. The highest BCUT2D eigenvalue weighted by Crippen LogP contribution is 2.26. The number of nitrogens with two attached hydrogens (primary N) is 1. The van der Waals surface area contributed by atoms with E-state index in [4.69, 9.17) is 5.73 Å². The second-order valence-corrected chi connectivity index (χ2v) is 6.07. The summed E-state index contributed by atoms with van der Waals surface area (Å²) in [4.78, 5) is 15.5. The topological polar surface area (TPSA) is 80.5 Å². The molecule has 1 unspecified atom stereocenters. The molecule has 1 atom stereocenters. The van der Waals surface area contributed by atoms with E-state index in [1.807, 2.05) is 0 Å². The van der Waals surface area contributed by atoms with Crippen molar-refractivity contribution in [1.29, 1.82) is 0 Å². The van der Waals surface area contributed by atoms with Gasteiger partial charge in [-0.25, -0.2) is 15.0 Å². The highest BCUT2D eigenvalue weighted by atomic mass is 32.2. The molecule has 2 aromatic rings. The number of aromatic nitrogens is 4.